The highest BCUT2D eigenvalue weighted by Crippen LogP contribution is 2.28. The predicted octanol–water partition coefficient (Wildman–Crippen LogP) is 3.74. The number of carbonyl (C=O) groups excluding carboxylic acids is 1. The van der Waals surface area contributed by atoms with E-state index in [0.717, 1.165) is 10.5 Å². The number of rotatable bonds is 6. The largest absolute Gasteiger partial charge is 0.348 e. The van der Waals surface area contributed by atoms with Crippen LogP contribution in [0.1, 0.15) is 15.9 Å². The minimum absolute atomic E-state index is 0.163. The van der Waals surface area contributed by atoms with E-state index in [1.165, 1.54) is 11.8 Å². The summed E-state index contributed by atoms with van der Waals surface area (Å²) in [6, 6.07) is 19.0. The Labute approximate surface area is 166 Å². The zero-order valence-corrected chi connectivity index (χ0v) is 15.7. The van der Waals surface area contributed by atoms with Gasteiger partial charge in [-0.05, 0) is 48.0 Å². The van der Waals surface area contributed by atoms with Gasteiger partial charge in [0.25, 0.3) is 5.91 Å². The van der Waals surface area contributed by atoms with Crippen LogP contribution in [0.4, 0.5) is 0 Å². The number of benzene rings is 1. The third-order valence-electron chi connectivity index (χ3n) is 3.98. The molecule has 0 aliphatic heterocycles. The van der Waals surface area contributed by atoms with Crippen molar-refractivity contribution in [2.75, 3.05) is 0 Å². The van der Waals surface area contributed by atoms with Crippen LogP contribution in [0.3, 0.4) is 0 Å². The number of aromatic nitrogens is 4. The monoisotopic (exact) mass is 387 g/mol. The molecule has 1 N–H and O–H groups in total. The van der Waals surface area contributed by atoms with Crippen LogP contribution < -0.4 is 5.32 Å². The topological polar surface area (TPSA) is 72.7 Å². The van der Waals surface area contributed by atoms with E-state index in [1.54, 1.807) is 35.4 Å². The van der Waals surface area contributed by atoms with Crippen molar-refractivity contribution in [3.63, 3.8) is 0 Å². The van der Waals surface area contributed by atoms with Crippen molar-refractivity contribution in [1.82, 2.24) is 25.1 Å². The van der Waals surface area contributed by atoms with Crippen molar-refractivity contribution < 1.29 is 4.79 Å². The molecule has 0 spiro atoms. The molecular formula is C21H17N5OS. The average Bonchev–Trinajstić information content (AvgIpc) is 3.28. The molecule has 0 aliphatic rings. The Morgan fingerprint density at radius 2 is 1.86 bits per heavy atom. The predicted molar refractivity (Wildman–Crippen MR) is 107 cm³/mol. The fourth-order valence-electron chi connectivity index (χ4n) is 2.62. The van der Waals surface area contributed by atoms with Gasteiger partial charge in [0.05, 0.1) is 5.56 Å². The number of pyridine rings is 2. The third kappa shape index (κ3) is 4.27. The van der Waals surface area contributed by atoms with Crippen molar-refractivity contribution in [2.45, 2.75) is 16.5 Å². The number of carbonyl (C=O) groups is 1. The van der Waals surface area contributed by atoms with Crippen molar-refractivity contribution in [1.29, 1.82) is 0 Å². The third-order valence-corrected chi connectivity index (χ3v) is 5.00. The molecule has 0 aliphatic carbocycles. The summed E-state index contributed by atoms with van der Waals surface area (Å²) in [6.45, 7) is 0.389. The van der Waals surface area contributed by atoms with Crippen molar-refractivity contribution >= 4 is 17.7 Å². The molecule has 7 heteroatoms. The van der Waals surface area contributed by atoms with Gasteiger partial charge in [-0.1, -0.05) is 30.0 Å². The van der Waals surface area contributed by atoms with E-state index in [2.05, 4.69) is 20.4 Å². The van der Waals surface area contributed by atoms with E-state index in [0.29, 0.717) is 23.0 Å². The van der Waals surface area contributed by atoms with Gasteiger partial charge in [0.2, 0.25) is 0 Å². The molecule has 0 fully saturated rings. The van der Waals surface area contributed by atoms with Crippen LogP contribution in [0.25, 0.3) is 5.82 Å². The summed E-state index contributed by atoms with van der Waals surface area (Å²) in [7, 11) is 0. The summed E-state index contributed by atoms with van der Waals surface area (Å²) >= 11 is 1.47. The molecular weight excluding hydrogens is 370 g/mol. The summed E-state index contributed by atoms with van der Waals surface area (Å²) < 4.78 is 1.68. The van der Waals surface area contributed by atoms with E-state index < -0.39 is 0 Å². The number of nitrogens with one attached hydrogen (secondary N) is 1. The maximum atomic E-state index is 12.7. The molecule has 1 amide bonds. The van der Waals surface area contributed by atoms with Crippen LogP contribution in [0.5, 0.6) is 0 Å². The Kier molecular flexibility index (Phi) is 5.44. The molecule has 3 heterocycles. The summed E-state index contributed by atoms with van der Waals surface area (Å²) in [6.07, 6.45) is 6.93. The van der Waals surface area contributed by atoms with E-state index in [9.17, 15) is 4.79 Å². The van der Waals surface area contributed by atoms with Crippen LogP contribution in [-0.4, -0.2) is 25.7 Å². The molecule has 1 aromatic carbocycles. The number of nitrogens with zero attached hydrogens (tertiary/aromatic N) is 4. The van der Waals surface area contributed by atoms with Gasteiger partial charge in [0.1, 0.15) is 5.03 Å². The number of hydrogen-bond acceptors (Lipinski definition) is 5. The van der Waals surface area contributed by atoms with Crippen molar-refractivity contribution in [2.24, 2.45) is 0 Å². The first-order valence-corrected chi connectivity index (χ1v) is 9.52. The highest BCUT2D eigenvalue weighted by atomic mass is 32.2. The molecule has 0 unspecified atom stereocenters. The maximum Gasteiger partial charge on any atom is 0.254 e. The molecule has 28 heavy (non-hydrogen) atoms. The van der Waals surface area contributed by atoms with Crippen LogP contribution in [0.15, 0.2) is 95.4 Å². The standard InChI is InChI=1S/C21H17N5OS/c27-20(18-8-4-10-23-21(18)28-17-6-2-1-3-7-17)24-15-16-9-12-22-19(14-16)26-13-5-11-25-26/h1-14H,15H2,(H,24,27). The zero-order chi connectivity index (χ0) is 19.2. The molecule has 4 rings (SSSR count). The lowest BCUT2D eigenvalue weighted by molar-refractivity contribution is 0.0947. The Morgan fingerprint density at radius 1 is 0.964 bits per heavy atom. The molecule has 3 aromatic heterocycles. The molecule has 0 atom stereocenters. The van der Waals surface area contributed by atoms with Crippen LogP contribution >= 0.6 is 11.8 Å². The number of amides is 1. The lowest BCUT2D eigenvalue weighted by atomic mass is 10.2. The minimum atomic E-state index is -0.163. The van der Waals surface area contributed by atoms with E-state index >= 15 is 0 Å². The van der Waals surface area contributed by atoms with Gasteiger partial charge >= 0.3 is 0 Å². The zero-order valence-electron chi connectivity index (χ0n) is 14.9. The van der Waals surface area contributed by atoms with Crippen molar-refractivity contribution in [3.05, 3.63) is 96.6 Å². The lowest BCUT2D eigenvalue weighted by Gasteiger charge is -2.10. The van der Waals surface area contributed by atoms with E-state index in [4.69, 9.17) is 0 Å². The normalized spacial score (nSPS) is 10.6. The molecule has 0 saturated heterocycles. The molecule has 0 radical (unpaired) electrons. The van der Waals surface area contributed by atoms with E-state index in [-0.39, 0.29) is 5.91 Å². The first-order chi connectivity index (χ1) is 13.8. The molecule has 138 valence electrons. The molecule has 4 aromatic rings. The highest BCUT2D eigenvalue weighted by Gasteiger charge is 2.13. The second-order valence-electron chi connectivity index (χ2n) is 5.93. The number of hydrogen-bond donors (Lipinski definition) is 1. The van der Waals surface area contributed by atoms with E-state index in [1.807, 2.05) is 54.7 Å². The summed E-state index contributed by atoms with van der Waals surface area (Å²) in [5.41, 5.74) is 1.49. The van der Waals surface area contributed by atoms with Crippen LogP contribution in [0, 0.1) is 0 Å². The quantitative estimate of drug-likeness (QED) is 0.546. The van der Waals surface area contributed by atoms with Gasteiger partial charge in [-0.15, -0.1) is 0 Å². The SMILES string of the molecule is O=C(NCc1ccnc(-n2cccn2)c1)c1cccnc1Sc1ccccc1. The fraction of sp³-hybridized carbons (Fsp3) is 0.0476. The Bertz CT molecular complexity index is 1070. The lowest BCUT2D eigenvalue weighted by Crippen LogP contribution is -2.23. The maximum absolute atomic E-state index is 12.7. The summed E-state index contributed by atoms with van der Waals surface area (Å²) in [5.74, 6) is 0.544. The minimum Gasteiger partial charge on any atom is -0.348 e. The highest BCUT2D eigenvalue weighted by molar-refractivity contribution is 7.99. The Morgan fingerprint density at radius 3 is 2.68 bits per heavy atom. The molecule has 6 nitrogen and oxygen atoms in total. The van der Waals surface area contributed by atoms with Gasteiger partial charge in [-0.2, -0.15) is 5.10 Å². The van der Waals surface area contributed by atoms with Crippen molar-refractivity contribution in [3.8, 4) is 5.82 Å². The van der Waals surface area contributed by atoms with Crippen LogP contribution in [-0.2, 0) is 6.54 Å². The summed E-state index contributed by atoms with van der Waals surface area (Å²) in [5, 5.41) is 7.82. The smallest absolute Gasteiger partial charge is 0.254 e. The average molecular weight is 387 g/mol. The van der Waals surface area contributed by atoms with Gasteiger partial charge in [0, 0.05) is 36.2 Å². The van der Waals surface area contributed by atoms with Crippen LogP contribution in [0.2, 0.25) is 0 Å². The second-order valence-corrected chi connectivity index (χ2v) is 6.99. The van der Waals surface area contributed by atoms with Gasteiger partial charge in [-0.25, -0.2) is 14.6 Å². The van der Waals surface area contributed by atoms with Gasteiger partial charge in [-0.3, -0.25) is 4.79 Å². The fourth-order valence-corrected chi connectivity index (χ4v) is 3.52. The first kappa shape index (κ1) is 17.9. The molecule has 0 saturated carbocycles. The van der Waals surface area contributed by atoms with Gasteiger partial charge < -0.3 is 5.32 Å². The Balaban J connectivity index is 1.47. The second kappa shape index (κ2) is 8.49. The Hall–Kier alpha value is -3.45. The summed E-state index contributed by atoms with van der Waals surface area (Å²) in [4.78, 5) is 22.5. The van der Waals surface area contributed by atoms with Gasteiger partial charge in [0.15, 0.2) is 5.82 Å². The molecule has 0 bridgehead atoms. The first-order valence-electron chi connectivity index (χ1n) is 8.71.